The zero-order chi connectivity index (χ0) is 41.1. The first-order chi connectivity index (χ1) is 27.7. The van der Waals surface area contributed by atoms with Crippen molar-refractivity contribution in [3.63, 3.8) is 0 Å². The predicted octanol–water partition coefficient (Wildman–Crippen LogP) is 10.7. The molecule has 6 nitrogen and oxygen atoms in total. The van der Waals surface area contributed by atoms with E-state index in [4.69, 9.17) is 35.3 Å². The lowest BCUT2D eigenvalue weighted by atomic mass is 9.86. The largest absolute Gasteiger partial charge is 0.424 e. The summed E-state index contributed by atoms with van der Waals surface area (Å²) in [6, 6.07) is 24.9. The van der Waals surface area contributed by atoms with Crippen molar-refractivity contribution >= 4 is 30.3 Å². The highest BCUT2D eigenvalue weighted by molar-refractivity contribution is 6.98. The third-order valence-electron chi connectivity index (χ3n) is 11.6. The van der Waals surface area contributed by atoms with E-state index < -0.39 is 25.6 Å². The second-order valence-corrected chi connectivity index (χ2v) is 20.7. The number of aryl methyl sites for hydroxylation is 2. The monoisotopic (exact) mass is 820 g/mol. The molecule has 0 saturated carbocycles. The van der Waals surface area contributed by atoms with Gasteiger partial charge in [-0.3, -0.25) is 0 Å². The molecule has 0 aliphatic carbocycles. The third kappa shape index (κ3) is 12.8. The molecule has 3 aromatic carbocycles. The van der Waals surface area contributed by atoms with Crippen molar-refractivity contribution in [1.29, 1.82) is 0 Å². The summed E-state index contributed by atoms with van der Waals surface area (Å²) in [6.45, 7) is 20.2. The quantitative estimate of drug-likeness (QED) is 0.0469. The minimum absolute atomic E-state index is 0.333. The van der Waals surface area contributed by atoms with Crippen LogP contribution >= 0.6 is 11.6 Å². The van der Waals surface area contributed by atoms with Crippen molar-refractivity contribution in [2.24, 2.45) is 0 Å². The maximum Gasteiger partial charge on any atom is 0.258 e. The summed E-state index contributed by atoms with van der Waals surface area (Å²) >= 11 is 7.26. The Bertz CT molecular complexity index is 1530. The Morgan fingerprint density at radius 1 is 0.719 bits per heavy atom. The topological polar surface area (TPSA) is 66.4 Å². The van der Waals surface area contributed by atoms with E-state index in [0.29, 0.717) is 39.5 Å². The van der Waals surface area contributed by atoms with E-state index in [0.717, 1.165) is 103 Å². The standard InChI is InChI=1S/C49H73ClO6Si/c1-8-13-24-38-36-43(50)39(29-30-49(6,7)57(51,40-25-20-18-21-26-40)41-27-22-19-23-28-41)35-42(38)45-47(54-33-16-11-4)48(55-34-17-12-5)46(53-32-15-10-3)44(56-45)37-52-31-14-9-2/h8,18-23,25-28,35-36,44-48,51H,1,9-17,24,29-34,37H2,2-7H3/t44-,45?,46-,47+,48+/m1/s1. The van der Waals surface area contributed by atoms with Gasteiger partial charge in [-0.25, -0.2) is 0 Å². The average molecular weight is 822 g/mol. The molecule has 1 unspecified atom stereocenters. The second kappa shape index (κ2) is 24.7. The molecule has 1 fully saturated rings. The fourth-order valence-electron chi connectivity index (χ4n) is 7.95. The maximum atomic E-state index is 12.9. The van der Waals surface area contributed by atoms with E-state index in [1.54, 1.807) is 0 Å². The number of unbranched alkanes of at least 4 members (excludes halogenated alkanes) is 4. The Labute approximate surface area is 351 Å². The number of benzene rings is 3. The van der Waals surface area contributed by atoms with Gasteiger partial charge in [-0.15, -0.1) is 6.58 Å². The van der Waals surface area contributed by atoms with Gasteiger partial charge in [-0.1, -0.05) is 152 Å². The molecule has 0 spiro atoms. The van der Waals surface area contributed by atoms with E-state index >= 15 is 0 Å². The lowest BCUT2D eigenvalue weighted by Crippen LogP contribution is -2.65. The summed E-state index contributed by atoms with van der Waals surface area (Å²) in [7, 11) is -3.22. The SMILES string of the molecule is C=CCCc1cc(Cl)c(CCC(C)(C)[Si](O)(c2ccccc2)c2ccccc2)cc1C1O[C@H](COCCCC)[C@@H](OCCCC)[C@H](OCCCC)[C@H]1OCCCC. The van der Waals surface area contributed by atoms with Crippen LogP contribution in [0.2, 0.25) is 10.1 Å². The minimum atomic E-state index is -3.22. The fourth-order valence-corrected chi connectivity index (χ4v) is 12.0. The van der Waals surface area contributed by atoms with Crippen LogP contribution in [0.1, 0.15) is 129 Å². The van der Waals surface area contributed by atoms with E-state index in [-0.39, 0.29) is 18.3 Å². The third-order valence-corrected chi connectivity index (χ3v) is 16.5. The summed E-state index contributed by atoms with van der Waals surface area (Å²) in [5.74, 6) is 0. The maximum absolute atomic E-state index is 12.9. The smallest absolute Gasteiger partial charge is 0.258 e. The van der Waals surface area contributed by atoms with E-state index in [1.807, 2.05) is 42.5 Å². The van der Waals surface area contributed by atoms with Gasteiger partial charge in [0.1, 0.15) is 30.5 Å². The highest BCUT2D eigenvalue weighted by Gasteiger charge is 2.51. The number of ether oxygens (including phenoxy) is 5. The molecule has 0 amide bonds. The van der Waals surface area contributed by atoms with Crippen molar-refractivity contribution in [3.05, 3.63) is 107 Å². The van der Waals surface area contributed by atoms with Gasteiger partial charge in [0.15, 0.2) is 0 Å². The van der Waals surface area contributed by atoms with Crippen LogP contribution in [-0.2, 0) is 36.5 Å². The Balaban J connectivity index is 1.80. The van der Waals surface area contributed by atoms with Crippen LogP contribution in [0.15, 0.2) is 85.5 Å². The number of hydrogen-bond acceptors (Lipinski definition) is 6. The molecule has 57 heavy (non-hydrogen) atoms. The molecule has 0 aromatic heterocycles. The molecule has 4 rings (SSSR count). The highest BCUT2D eigenvalue weighted by atomic mass is 35.5. The number of hydrogen-bond donors (Lipinski definition) is 1. The highest BCUT2D eigenvalue weighted by Crippen LogP contribution is 2.43. The minimum Gasteiger partial charge on any atom is -0.424 e. The van der Waals surface area contributed by atoms with Gasteiger partial charge < -0.3 is 28.5 Å². The molecule has 3 aromatic rings. The molecule has 1 saturated heterocycles. The molecule has 1 N–H and O–H groups in total. The molecule has 8 heteroatoms. The van der Waals surface area contributed by atoms with Crippen LogP contribution in [0, 0.1) is 0 Å². The summed E-state index contributed by atoms with van der Waals surface area (Å²) in [6.07, 6.45) is 11.1. The van der Waals surface area contributed by atoms with Gasteiger partial charge in [-0.2, -0.15) is 0 Å². The molecular weight excluding hydrogens is 748 g/mol. The van der Waals surface area contributed by atoms with E-state index in [2.05, 4.69) is 84.5 Å². The summed E-state index contributed by atoms with van der Waals surface area (Å²) in [4.78, 5) is 12.9. The second-order valence-electron chi connectivity index (χ2n) is 16.4. The van der Waals surface area contributed by atoms with Crippen molar-refractivity contribution < 1.29 is 28.5 Å². The van der Waals surface area contributed by atoms with Gasteiger partial charge in [0.2, 0.25) is 0 Å². The summed E-state index contributed by atoms with van der Waals surface area (Å²) in [5, 5.41) is 2.31. The molecule has 0 bridgehead atoms. The first-order valence-electron chi connectivity index (χ1n) is 22.0. The van der Waals surface area contributed by atoms with Crippen LogP contribution in [0.25, 0.3) is 0 Å². The average Bonchev–Trinajstić information content (AvgIpc) is 3.22. The van der Waals surface area contributed by atoms with Crippen molar-refractivity contribution in [3.8, 4) is 0 Å². The zero-order valence-electron chi connectivity index (χ0n) is 36.0. The Morgan fingerprint density at radius 3 is 1.79 bits per heavy atom. The van der Waals surface area contributed by atoms with Gasteiger partial charge in [0.05, 0.1) is 6.61 Å². The van der Waals surface area contributed by atoms with E-state index in [1.165, 1.54) is 0 Å². The Kier molecular flexibility index (Phi) is 20.5. The molecular formula is C49H73ClO6Si. The summed E-state index contributed by atoms with van der Waals surface area (Å²) in [5.41, 5.74) is 3.24. The van der Waals surface area contributed by atoms with Crippen LogP contribution in [0.4, 0.5) is 0 Å². The molecule has 5 atom stereocenters. The number of rotatable bonds is 27. The number of allylic oxidation sites excluding steroid dienone is 1. The van der Waals surface area contributed by atoms with Gasteiger partial charge in [-0.05, 0) is 89.5 Å². The van der Waals surface area contributed by atoms with Crippen molar-refractivity contribution in [2.45, 2.75) is 154 Å². The fraction of sp³-hybridized carbons (Fsp3) is 0.592. The molecule has 1 aliphatic heterocycles. The Morgan fingerprint density at radius 2 is 1.25 bits per heavy atom. The lowest BCUT2D eigenvalue weighted by Gasteiger charge is -2.47. The first kappa shape index (κ1) is 47.3. The van der Waals surface area contributed by atoms with Crippen LogP contribution in [-0.4, -0.2) is 70.6 Å². The van der Waals surface area contributed by atoms with Gasteiger partial charge in [0, 0.05) is 31.5 Å². The first-order valence-corrected chi connectivity index (χ1v) is 24.3. The normalized spacial score (nSPS) is 20.2. The molecule has 1 heterocycles. The van der Waals surface area contributed by atoms with Crippen LogP contribution in [0.3, 0.4) is 0 Å². The van der Waals surface area contributed by atoms with Gasteiger partial charge >= 0.3 is 0 Å². The van der Waals surface area contributed by atoms with E-state index in [9.17, 15) is 4.80 Å². The van der Waals surface area contributed by atoms with Crippen molar-refractivity contribution in [2.75, 3.05) is 33.0 Å². The Hall–Kier alpha value is -2.33. The van der Waals surface area contributed by atoms with Gasteiger partial charge in [0.25, 0.3) is 8.32 Å². The number of halogens is 1. The van der Waals surface area contributed by atoms with Crippen molar-refractivity contribution in [1.82, 2.24) is 0 Å². The zero-order valence-corrected chi connectivity index (χ0v) is 37.7. The van der Waals surface area contributed by atoms with Crippen LogP contribution < -0.4 is 10.4 Å². The molecule has 1 aliphatic rings. The molecule has 0 radical (unpaired) electrons. The lowest BCUT2D eigenvalue weighted by molar-refractivity contribution is -0.268. The summed E-state index contributed by atoms with van der Waals surface area (Å²) < 4.78 is 34.0. The molecule has 316 valence electrons. The van der Waals surface area contributed by atoms with Crippen LogP contribution in [0.5, 0.6) is 0 Å². The predicted molar refractivity (Wildman–Crippen MR) is 240 cm³/mol.